The van der Waals surface area contributed by atoms with E-state index in [1.54, 1.807) is 24.2 Å². The van der Waals surface area contributed by atoms with Crippen molar-refractivity contribution in [2.24, 2.45) is 0 Å². The van der Waals surface area contributed by atoms with E-state index in [0.29, 0.717) is 12.2 Å². The SMILES string of the molecule is CN(Cc1ccc(-c2ccc(Br)cc2)o1)C(=O)c1cc(Br)c[nH]1. The lowest BCUT2D eigenvalue weighted by Gasteiger charge is -2.14. The van der Waals surface area contributed by atoms with Gasteiger partial charge >= 0.3 is 0 Å². The quantitative estimate of drug-likeness (QED) is 0.619. The number of benzene rings is 1. The number of furan rings is 1. The molecule has 0 saturated heterocycles. The van der Waals surface area contributed by atoms with E-state index in [1.807, 2.05) is 36.4 Å². The second kappa shape index (κ2) is 6.76. The Balaban J connectivity index is 1.71. The predicted molar refractivity (Wildman–Crippen MR) is 96.1 cm³/mol. The van der Waals surface area contributed by atoms with E-state index in [0.717, 1.165) is 26.0 Å². The molecule has 0 aliphatic rings. The average Bonchev–Trinajstić information content (AvgIpc) is 3.16. The summed E-state index contributed by atoms with van der Waals surface area (Å²) in [5.74, 6) is 1.44. The Kier molecular flexibility index (Phi) is 4.73. The van der Waals surface area contributed by atoms with E-state index in [-0.39, 0.29) is 5.91 Å². The van der Waals surface area contributed by atoms with Crippen molar-refractivity contribution >= 4 is 37.8 Å². The van der Waals surface area contributed by atoms with Crippen molar-refractivity contribution < 1.29 is 9.21 Å². The number of hydrogen-bond donors (Lipinski definition) is 1. The van der Waals surface area contributed by atoms with Crippen molar-refractivity contribution in [3.05, 3.63) is 69.1 Å². The zero-order valence-corrected chi connectivity index (χ0v) is 15.5. The summed E-state index contributed by atoms with van der Waals surface area (Å²) in [5, 5.41) is 0. The molecule has 0 bridgehead atoms. The first kappa shape index (κ1) is 16.1. The molecule has 0 fully saturated rings. The second-order valence-corrected chi connectivity index (χ2v) is 7.00. The number of halogens is 2. The van der Waals surface area contributed by atoms with Crippen LogP contribution in [-0.2, 0) is 6.54 Å². The third-order valence-electron chi connectivity index (χ3n) is 3.41. The van der Waals surface area contributed by atoms with Crippen LogP contribution < -0.4 is 0 Å². The van der Waals surface area contributed by atoms with Gasteiger partial charge < -0.3 is 14.3 Å². The van der Waals surface area contributed by atoms with E-state index < -0.39 is 0 Å². The van der Waals surface area contributed by atoms with Gasteiger partial charge in [-0.2, -0.15) is 0 Å². The minimum Gasteiger partial charge on any atom is -0.459 e. The molecular weight excluding hydrogens is 424 g/mol. The summed E-state index contributed by atoms with van der Waals surface area (Å²) in [4.78, 5) is 16.9. The minimum absolute atomic E-state index is 0.0858. The highest BCUT2D eigenvalue weighted by Crippen LogP contribution is 2.24. The van der Waals surface area contributed by atoms with Gasteiger partial charge in [-0.05, 0) is 46.3 Å². The Morgan fingerprint density at radius 2 is 1.87 bits per heavy atom. The zero-order chi connectivity index (χ0) is 16.4. The van der Waals surface area contributed by atoms with Crippen LogP contribution in [0.3, 0.4) is 0 Å². The molecule has 1 N–H and O–H groups in total. The Morgan fingerprint density at radius 1 is 1.13 bits per heavy atom. The molecule has 0 aliphatic carbocycles. The molecule has 0 unspecified atom stereocenters. The Hall–Kier alpha value is -1.79. The van der Waals surface area contributed by atoms with Crippen molar-refractivity contribution in [3.8, 4) is 11.3 Å². The van der Waals surface area contributed by atoms with E-state index in [2.05, 4.69) is 36.8 Å². The van der Waals surface area contributed by atoms with Crippen LogP contribution >= 0.6 is 31.9 Å². The Labute approximate surface area is 150 Å². The Morgan fingerprint density at radius 3 is 2.52 bits per heavy atom. The molecule has 2 aromatic heterocycles. The van der Waals surface area contributed by atoms with E-state index in [1.165, 1.54) is 0 Å². The van der Waals surface area contributed by atoms with Gasteiger partial charge in [0.05, 0.1) is 6.54 Å². The lowest BCUT2D eigenvalue weighted by atomic mass is 10.2. The molecule has 4 nitrogen and oxygen atoms in total. The zero-order valence-electron chi connectivity index (χ0n) is 12.3. The van der Waals surface area contributed by atoms with Crippen molar-refractivity contribution in [2.75, 3.05) is 7.05 Å². The van der Waals surface area contributed by atoms with Gasteiger partial charge in [-0.25, -0.2) is 0 Å². The van der Waals surface area contributed by atoms with Gasteiger partial charge in [0.2, 0.25) is 0 Å². The largest absolute Gasteiger partial charge is 0.459 e. The summed E-state index contributed by atoms with van der Waals surface area (Å²) in [6.07, 6.45) is 1.74. The first-order valence-electron chi connectivity index (χ1n) is 6.97. The van der Waals surface area contributed by atoms with Crippen LogP contribution in [-0.4, -0.2) is 22.8 Å². The molecule has 6 heteroatoms. The van der Waals surface area contributed by atoms with Gasteiger partial charge in [-0.3, -0.25) is 4.79 Å². The molecule has 0 spiro atoms. The number of carbonyl (C=O) groups excluding carboxylic acids is 1. The summed E-state index contributed by atoms with van der Waals surface area (Å²) >= 11 is 6.74. The number of hydrogen-bond acceptors (Lipinski definition) is 2. The standard InChI is InChI=1S/C17H14Br2N2O2/c1-21(17(22)15-8-13(19)9-20-15)10-14-6-7-16(23-14)11-2-4-12(18)5-3-11/h2-9,20H,10H2,1H3. The molecule has 0 aliphatic heterocycles. The van der Waals surface area contributed by atoms with Crippen molar-refractivity contribution in [1.29, 1.82) is 0 Å². The third kappa shape index (κ3) is 3.76. The number of H-pyrrole nitrogens is 1. The summed E-state index contributed by atoms with van der Waals surface area (Å²) in [6, 6.07) is 13.5. The fourth-order valence-corrected chi connectivity index (χ4v) is 2.84. The van der Waals surface area contributed by atoms with Crippen molar-refractivity contribution in [1.82, 2.24) is 9.88 Å². The lowest BCUT2D eigenvalue weighted by Crippen LogP contribution is -2.26. The van der Waals surface area contributed by atoms with Crippen molar-refractivity contribution in [3.63, 3.8) is 0 Å². The van der Waals surface area contributed by atoms with E-state index in [4.69, 9.17) is 4.42 Å². The maximum atomic E-state index is 12.3. The third-order valence-corrected chi connectivity index (χ3v) is 4.39. The first-order chi connectivity index (χ1) is 11.0. The molecule has 1 aromatic carbocycles. The number of nitrogens with one attached hydrogen (secondary N) is 1. The van der Waals surface area contributed by atoms with Gasteiger partial charge in [-0.15, -0.1) is 0 Å². The summed E-state index contributed by atoms with van der Waals surface area (Å²) in [5.41, 5.74) is 1.54. The highest BCUT2D eigenvalue weighted by molar-refractivity contribution is 9.10. The van der Waals surface area contributed by atoms with Crippen LogP contribution in [0.4, 0.5) is 0 Å². The average molecular weight is 438 g/mol. The van der Waals surface area contributed by atoms with Crippen LogP contribution in [0.1, 0.15) is 16.2 Å². The highest BCUT2D eigenvalue weighted by atomic mass is 79.9. The minimum atomic E-state index is -0.0858. The molecule has 0 atom stereocenters. The van der Waals surface area contributed by atoms with Crippen LogP contribution in [0.2, 0.25) is 0 Å². The molecule has 23 heavy (non-hydrogen) atoms. The number of amides is 1. The summed E-state index contributed by atoms with van der Waals surface area (Å²) in [7, 11) is 1.75. The van der Waals surface area contributed by atoms with Crippen LogP contribution in [0.15, 0.2) is 62.0 Å². The lowest BCUT2D eigenvalue weighted by molar-refractivity contribution is 0.0770. The summed E-state index contributed by atoms with van der Waals surface area (Å²) in [6.45, 7) is 0.409. The maximum absolute atomic E-state index is 12.3. The molecular formula is C17H14Br2N2O2. The monoisotopic (exact) mass is 436 g/mol. The molecule has 3 aromatic rings. The first-order valence-corrected chi connectivity index (χ1v) is 8.55. The molecule has 118 valence electrons. The summed E-state index contributed by atoms with van der Waals surface area (Å²) < 4.78 is 7.72. The highest BCUT2D eigenvalue weighted by Gasteiger charge is 2.15. The number of carbonyl (C=O) groups is 1. The van der Waals surface area contributed by atoms with Gasteiger partial charge in [0.1, 0.15) is 17.2 Å². The molecule has 0 radical (unpaired) electrons. The second-order valence-electron chi connectivity index (χ2n) is 5.17. The topological polar surface area (TPSA) is 49.2 Å². The fraction of sp³-hybridized carbons (Fsp3) is 0.118. The normalized spacial score (nSPS) is 10.7. The van der Waals surface area contributed by atoms with Crippen molar-refractivity contribution in [2.45, 2.75) is 6.54 Å². The van der Waals surface area contributed by atoms with Gasteiger partial charge in [0.15, 0.2) is 0 Å². The predicted octanol–water partition coefficient (Wildman–Crippen LogP) is 5.07. The number of aromatic amines is 1. The van der Waals surface area contributed by atoms with Crippen LogP contribution in [0.25, 0.3) is 11.3 Å². The Bertz CT molecular complexity index is 821. The number of nitrogens with zero attached hydrogens (tertiary/aromatic N) is 1. The molecule has 0 saturated carbocycles. The number of rotatable bonds is 4. The number of aromatic nitrogens is 1. The van der Waals surface area contributed by atoms with Crippen LogP contribution in [0, 0.1) is 0 Å². The van der Waals surface area contributed by atoms with E-state index in [9.17, 15) is 4.79 Å². The maximum Gasteiger partial charge on any atom is 0.270 e. The molecule has 3 rings (SSSR count). The molecule has 2 heterocycles. The van der Waals surface area contributed by atoms with E-state index >= 15 is 0 Å². The smallest absolute Gasteiger partial charge is 0.270 e. The van der Waals surface area contributed by atoms with Gasteiger partial charge in [0, 0.05) is 27.8 Å². The van der Waals surface area contributed by atoms with Crippen LogP contribution in [0.5, 0.6) is 0 Å². The molecule has 1 amide bonds. The van der Waals surface area contributed by atoms with Gasteiger partial charge in [0.25, 0.3) is 5.91 Å². The fourth-order valence-electron chi connectivity index (χ4n) is 2.23. The van der Waals surface area contributed by atoms with Gasteiger partial charge in [-0.1, -0.05) is 28.1 Å².